The van der Waals surface area contributed by atoms with Crippen LogP contribution in [0, 0.1) is 0 Å². The van der Waals surface area contributed by atoms with Gasteiger partial charge in [-0.1, -0.05) is 55.5 Å². The van der Waals surface area contributed by atoms with E-state index in [0.29, 0.717) is 6.04 Å². The first-order chi connectivity index (χ1) is 19.7. The van der Waals surface area contributed by atoms with E-state index in [1.807, 2.05) is 17.5 Å². The van der Waals surface area contributed by atoms with E-state index in [2.05, 4.69) is 131 Å². The summed E-state index contributed by atoms with van der Waals surface area (Å²) in [6.45, 7) is 4.42. The van der Waals surface area contributed by atoms with Crippen molar-refractivity contribution in [2.24, 2.45) is 0 Å². The minimum Gasteiger partial charge on any atom is -0.382 e. The van der Waals surface area contributed by atoms with Crippen molar-refractivity contribution in [2.45, 2.75) is 26.3 Å². The highest BCUT2D eigenvalue weighted by molar-refractivity contribution is 7.13. The van der Waals surface area contributed by atoms with Crippen LogP contribution in [0.5, 0.6) is 0 Å². The van der Waals surface area contributed by atoms with Gasteiger partial charge in [-0.25, -0.2) is 4.98 Å². The molecule has 5 N–H and O–H groups in total. The van der Waals surface area contributed by atoms with Gasteiger partial charge in [0.05, 0.1) is 5.69 Å². The first-order valence-corrected chi connectivity index (χ1v) is 14.4. The number of aromatic nitrogens is 1. The zero-order valence-corrected chi connectivity index (χ0v) is 23.3. The molecule has 6 rings (SSSR count). The summed E-state index contributed by atoms with van der Waals surface area (Å²) in [6.07, 6.45) is 2.85. The van der Waals surface area contributed by atoms with Crippen LogP contribution in [-0.2, 0) is 0 Å². The number of fused-ring (bicyclic) bond motifs is 2. The van der Waals surface area contributed by atoms with E-state index in [4.69, 9.17) is 0 Å². The standard InChI is InChI=1S/C33H32N6S/c1-3-22(2)35-29-16-18-31(27-10-6-4-8-25(27)29)37-32-19-17-30(26-9-5-7-11-28(26)32)36-23-12-14-24(15-13-23)38-39-33-34-20-21-40-33/h4-22,35-38H,3H2,1-2H3,(H,34,39). The highest BCUT2D eigenvalue weighted by Crippen LogP contribution is 2.37. The molecule has 0 radical (unpaired) electrons. The largest absolute Gasteiger partial charge is 0.382 e. The minimum absolute atomic E-state index is 0.416. The Hall–Kier alpha value is -4.75. The van der Waals surface area contributed by atoms with E-state index in [1.165, 1.54) is 16.5 Å². The van der Waals surface area contributed by atoms with Crippen LogP contribution in [0.25, 0.3) is 21.5 Å². The summed E-state index contributed by atoms with van der Waals surface area (Å²) in [5.41, 5.74) is 12.7. The van der Waals surface area contributed by atoms with E-state index in [9.17, 15) is 0 Å². The zero-order valence-electron chi connectivity index (χ0n) is 22.5. The van der Waals surface area contributed by atoms with Gasteiger partial charge in [0.25, 0.3) is 0 Å². The number of rotatable bonds is 10. The van der Waals surface area contributed by atoms with Gasteiger partial charge < -0.3 is 16.0 Å². The third-order valence-electron chi connectivity index (χ3n) is 7.04. The topological polar surface area (TPSA) is 73.0 Å². The van der Waals surface area contributed by atoms with Gasteiger partial charge >= 0.3 is 0 Å². The second-order valence-corrected chi connectivity index (χ2v) is 10.7. The Morgan fingerprint density at radius 3 is 1.70 bits per heavy atom. The molecule has 200 valence electrons. The maximum absolute atomic E-state index is 4.22. The predicted molar refractivity (Wildman–Crippen MR) is 174 cm³/mol. The predicted octanol–water partition coefficient (Wildman–Crippen LogP) is 9.59. The summed E-state index contributed by atoms with van der Waals surface area (Å²) in [5.74, 6) is 0. The minimum atomic E-state index is 0.416. The van der Waals surface area contributed by atoms with Crippen molar-refractivity contribution < 1.29 is 0 Å². The van der Waals surface area contributed by atoms with Crippen molar-refractivity contribution in [2.75, 3.05) is 26.8 Å². The van der Waals surface area contributed by atoms with Crippen molar-refractivity contribution in [3.63, 3.8) is 0 Å². The van der Waals surface area contributed by atoms with Gasteiger partial charge in [0.1, 0.15) is 0 Å². The quantitative estimate of drug-likeness (QED) is 0.111. The van der Waals surface area contributed by atoms with E-state index in [0.717, 1.165) is 50.8 Å². The zero-order chi connectivity index (χ0) is 27.3. The Balaban J connectivity index is 1.25. The molecule has 0 aliphatic carbocycles. The molecule has 0 amide bonds. The molecule has 0 aliphatic heterocycles. The van der Waals surface area contributed by atoms with Crippen molar-refractivity contribution in [1.29, 1.82) is 0 Å². The lowest BCUT2D eigenvalue weighted by Gasteiger charge is -2.19. The molecule has 1 atom stereocenters. The molecule has 6 aromatic rings. The van der Waals surface area contributed by atoms with Crippen LogP contribution in [0.3, 0.4) is 0 Å². The van der Waals surface area contributed by atoms with Crippen LogP contribution in [0.1, 0.15) is 20.3 Å². The van der Waals surface area contributed by atoms with Crippen molar-refractivity contribution in [3.8, 4) is 0 Å². The van der Waals surface area contributed by atoms with E-state index in [-0.39, 0.29) is 0 Å². The monoisotopic (exact) mass is 544 g/mol. The third kappa shape index (κ3) is 5.51. The van der Waals surface area contributed by atoms with Crippen LogP contribution < -0.4 is 26.8 Å². The molecule has 1 heterocycles. The number of benzene rings is 5. The molecule has 5 aromatic carbocycles. The van der Waals surface area contributed by atoms with Crippen LogP contribution in [0.15, 0.2) is 109 Å². The highest BCUT2D eigenvalue weighted by atomic mass is 32.1. The normalized spacial score (nSPS) is 11.8. The average molecular weight is 545 g/mol. The molecule has 0 aliphatic rings. The molecule has 0 saturated heterocycles. The maximum atomic E-state index is 4.22. The molecule has 0 spiro atoms. The van der Waals surface area contributed by atoms with Crippen molar-refractivity contribution in [1.82, 2.24) is 4.98 Å². The SMILES string of the molecule is CCC(C)Nc1ccc(Nc2ccc(Nc3ccc(NNc4nccs4)cc3)c3ccccc23)c2ccccc12. The number of thiazole rings is 1. The lowest BCUT2D eigenvalue weighted by molar-refractivity contribution is 0.765. The lowest BCUT2D eigenvalue weighted by atomic mass is 10.0. The fourth-order valence-corrected chi connectivity index (χ4v) is 5.25. The van der Waals surface area contributed by atoms with Crippen molar-refractivity contribution in [3.05, 3.63) is 109 Å². The third-order valence-corrected chi connectivity index (χ3v) is 7.73. The molecule has 40 heavy (non-hydrogen) atoms. The lowest BCUT2D eigenvalue weighted by Crippen LogP contribution is -2.13. The molecular weight excluding hydrogens is 512 g/mol. The molecular formula is C33H32N6S. The summed E-state index contributed by atoms with van der Waals surface area (Å²) >= 11 is 1.55. The smallest absolute Gasteiger partial charge is 0.201 e. The van der Waals surface area contributed by atoms with Gasteiger partial charge in [0, 0.05) is 67.6 Å². The Kier molecular flexibility index (Phi) is 7.37. The van der Waals surface area contributed by atoms with Crippen LogP contribution in [0.2, 0.25) is 0 Å². The summed E-state index contributed by atoms with van der Waals surface area (Å²) in [4.78, 5) is 4.22. The van der Waals surface area contributed by atoms with E-state index >= 15 is 0 Å². The fourth-order valence-electron chi connectivity index (χ4n) is 4.77. The van der Waals surface area contributed by atoms with Gasteiger partial charge in [-0.05, 0) is 61.9 Å². The van der Waals surface area contributed by atoms with Crippen LogP contribution >= 0.6 is 11.3 Å². The Labute approximate surface area is 238 Å². The summed E-state index contributed by atoms with van der Waals surface area (Å²) in [5, 5.41) is 18.5. The number of nitrogens with zero attached hydrogens (tertiary/aromatic N) is 1. The molecule has 1 unspecified atom stereocenters. The van der Waals surface area contributed by atoms with E-state index < -0.39 is 0 Å². The molecule has 0 saturated carbocycles. The Bertz CT molecular complexity index is 1730. The maximum Gasteiger partial charge on any atom is 0.201 e. The second-order valence-electron chi connectivity index (χ2n) is 9.78. The Morgan fingerprint density at radius 1 is 0.625 bits per heavy atom. The first-order valence-electron chi connectivity index (χ1n) is 13.5. The summed E-state index contributed by atoms with van der Waals surface area (Å²) in [6, 6.07) is 34.3. The molecule has 6 nitrogen and oxygen atoms in total. The second kappa shape index (κ2) is 11.6. The number of anilines is 7. The number of nitrogens with one attached hydrogen (secondary N) is 5. The van der Waals surface area contributed by atoms with Crippen LogP contribution in [0.4, 0.5) is 39.3 Å². The highest BCUT2D eigenvalue weighted by Gasteiger charge is 2.11. The number of hydrogen-bond donors (Lipinski definition) is 5. The van der Waals surface area contributed by atoms with Crippen molar-refractivity contribution >= 4 is 72.1 Å². The molecule has 1 aromatic heterocycles. The van der Waals surface area contributed by atoms with Gasteiger partial charge in [0.15, 0.2) is 0 Å². The van der Waals surface area contributed by atoms with Gasteiger partial charge in [-0.3, -0.25) is 10.9 Å². The van der Waals surface area contributed by atoms with Crippen LogP contribution in [-0.4, -0.2) is 11.0 Å². The van der Waals surface area contributed by atoms with Gasteiger partial charge in [0.2, 0.25) is 5.13 Å². The number of hydrazine groups is 1. The summed E-state index contributed by atoms with van der Waals surface area (Å²) in [7, 11) is 0. The molecule has 7 heteroatoms. The van der Waals surface area contributed by atoms with Gasteiger partial charge in [-0.15, -0.1) is 11.3 Å². The molecule has 0 bridgehead atoms. The van der Waals surface area contributed by atoms with Gasteiger partial charge in [-0.2, -0.15) is 0 Å². The first kappa shape index (κ1) is 25.5. The van der Waals surface area contributed by atoms with E-state index in [1.54, 1.807) is 17.5 Å². The molecule has 0 fully saturated rings. The Morgan fingerprint density at radius 2 is 1.15 bits per heavy atom. The average Bonchev–Trinajstić information content (AvgIpc) is 3.53. The number of hydrogen-bond acceptors (Lipinski definition) is 7. The fraction of sp³-hybridized carbons (Fsp3) is 0.121. The summed E-state index contributed by atoms with van der Waals surface area (Å²) < 4.78 is 0.